The highest BCUT2D eigenvalue weighted by Crippen LogP contribution is 2.22. The molecule has 0 spiro atoms. The molecule has 1 amide bonds. The van der Waals surface area contributed by atoms with Gasteiger partial charge in [-0.25, -0.2) is 0 Å². The van der Waals surface area contributed by atoms with E-state index in [1.165, 1.54) is 18.2 Å². The average Bonchev–Trinajstić information content (AvgIpc) is 2.42. The first-order chi connectivity index (χ1) is 9.56. The standard InChI is InChI=1S/C13H16BrClN2O3/c14-7-3-1-2-4-8-16-13(18)11-9-10(15)5-6-12(11)17(19)20/h5-6,9H,1-4,7-8H2,(H,16,18). The van der Waals surface area contributed by atoms with Gasteiger partial charge < -0.3 is 5.32 Å². The van der Waals surface area contributed by atoms with Crippen LogP contribution in [0.15, 0.2) is 18.2 Å². The molecule has 0 aliphatic heterocycles. The van der Waals surface area contributed by atoms with Crippen LogP contribution < -0.4 is 5.32 Å². The maximum atomic E-state index is 11.9. The Labute approximate surface area is 131 Å². The average molecular weight is 364 g/mol. The molecule has 20 heavy (non-hydrogen) atoms. The molecule has 0 radical (unpaired) electrons. The fraction of sp³-hybridized carbons (Fsp3) is 0.462. The van der Waals surface area contributed by atoms with Gasteiger partial charge in [0, 0.05) is 23.0 Å². The molecular weight excluding hydrogens is 348 g/mol. The van der Waals surface area contributed by atoms with Crippen molar-refractivity contribution in [3.05, 3.63) is 38.9 Å². The van der Waals surface area contributed by atoms with Gasteiger partial charge in [-0.2, -0.15) is 0 Å². The first-order valence-corrected chi connectivity index (χ1v) is 7.84. The van der Waals surface area contributed by atoms with E-state index in [9.17, 15) is 14.9 Å². The SMILES string of the molecule is O=C(NCCCCCCBr)c1cc(Cl)ccc1[N+](=O)[O-]. The number of hydrogen-bond acceptors (Lipinski definition) is 3. The molecule has 0 aliphatic rings. The number of nitro benzene ring substituents is 1. The van der Waals surface area contributed by atoms with Crippen LogP contribution in [0.1, 0.15) is 36.0 Å². The number of unbranched alkanes of at least 4 members (excludes halogenated alkanes) is 3. The number of hydrogen-bond donors (Lipinski definition) is 1. The molecule has 5 nitrogen and oxygen atoms in total. The van der Waals surface area contributed by atoms with Crippen LogP contribution in [-0.2, 0) is 0 Å². The normalized spacial score (nSPS) is 10.3. The van der Waals surface area contributed by atoms with Crippen LogP contribution in [0.4, 0.5) is 5.69 Å². The molecule has 1 aromatic carbocycles. The molecule has 1 rings (SSSR count). The van der Waals surface area contributed by atoms with Crippen LogP contribution in [0.2, 0.25) is 5.02 Å². The molecule has 1 N–H and O–H groups in total. The van der Waals surface area contributed by atoms with Crippen molar-refractivity contribution in [2.24, 2.45) is 0 Å². The summed E-state index contributed by atoms with van der Waals surface area (Å²) in [5.41, 5.74) is -0.228. The van der Waals surface area contributed by atoms with Gasteiger partial charge in [-0.05, 0) is 25.0 Å². The lowest BCUT2D eigenvalue weighted by Gasteiger charge is -2.06. The van der Waals surface area contributed by atoms with Gasteiger partial charge in [0.1, 0.15) is 5.56 Å². The summed E-state index contributed by atoms with van der Waals surface area (Å²) in [4.78, 5) is 22.2. The lowest BCUT2D eigenvalue weighted by molar-refractivity contribution is -0.385. The number of nitrogens with zero attached hydrogens (tertiary/aromatic N) is 1. The minimum Gasteiger partial charge on any atom is -0.352 e. The molecule has 0 heterocycles. The summed E-state index contributed by atoms with van der Waals surface area (Å²) in [5.74, 6) is -0.459. The summed E-state index contributed by atoms with van der Waals surface area (Å²) in [6.07, 6.45) is 4.07. The summed E-state index contributed by atoms with van der Waals surface area (Å²) < 4.78 is 0. The molecule has 110 valence electrons. The monoisotopic (exact) mass is 362 g/mol. The van der Waals surface area contributed by atoms with Crippen LogP contribution in [0.25, 0.3) is 0 Å². The molecule has 7 heteroatoms. The van der Waals surface area contributed by atoms with Crippen molar-refractivity contribution >= 4 is 39.1 Å². The third-order valence-corrected chi connectivity index (χ3v) is 3.54. The van der Waals surface area contributed by atoms with Gasteiger partial charge in [0.05, 0.1) is 4.92 Å². The Balaban J connectivity index is 2.54. The topological polar surface area (TPSA) is 72.2 Å². The number of nitro groups is 1. The Morgan fingerprint density at radius 2 is 2.00 bits per heavy atom. The lowest BCUT2D eigenvalue weighted by atomic mass is 10.1. The zero-order chi connectivity index (χ0) is 15.0. The molecular formula is C13H16BrClN2O3. The second-order valence-electron chi connectivity index (χ2n) is 4.28. The largest absolute Gasteiger partial charge is 0.352 e. The molecule has 0 aromatic heterocycles. The second kappa shape index (κ2) is 8.92. The van der Waals surface area contributed by atoms with Crippen molar-refractivity contribution in [1.29, 1.82) is 0 Å². The molecule has 0 saturated heterocycles. The smallest absolute Gasteiger partial charge is 0.282 e. The highest BCUT2D eigenvalue weighted by Gasteiger charge is 2.19. The van der Waals surface area contributed by atoms with Crippen LogP contribution in [-0.4, -0.2) is 22.7 Å². The number of carbonyl (C=O) groups is 1. The number of rotatable bonds is 8. The molecule has 0 unspecified atom stereocenters. The zero-order valence-electron chi connectivity index (χ0n) is 10.9. The maximum absolute atomic E-state index is 11.9. The Kier molecular flexibility index (Phi) is 7.54. The predicted molar refractivity (Wildman–Crippen MR) is 82.7 cm³/mol. The van der Waals surface area contributed by atoms with E-state index in [2.05, 4.69) is 21.2 Å². The molecule has 0 aliphatic carbocycles. The van der Waals surface area contributed by atoms with Gasteiger partial charge in [-0.3, -0.25) is 14.9 Å². The van der Waals surface area contributed by atoms with Crippen molar-refractivity contribution in [3.8, 4) is 0 Å². The van der Waals surface area contributed by atoms with E-state index in [0.29, 0.717) is 11.6 Å². The number of halogens is 2. The van der Waals surface area contributed by atoms with Gasteiger partial charge in [-0.1, -0.05) is 40.4 Å². The fourth-order valence-electron chi connectivity index (χ4n) is 1.72. The number of amides is 1. The quantitative estimate of drug-likeness (QED) is 0.329. The van der Waals surface area contributed by atoms with Crippen LogP contribution in [0, 0.1) is 10.1 Å². The van der Waals surface area contributed by atoms with Crippen LogP contribution in [0.5, 0.6) is 0 Å². The van der Waals surface area contributed by atoms with E-state index in [-0.39, 0.29) is 11.3 Å². The van der Waals surface area contributed by atoms with Crippen LogP contribution in [0.3, 0.4) is 0 Å². The van der Waals surface area contributed by atoms with Gasteiger partial charge in [0.25, 0.3) is 11.6 Å². The highest BCUT2D eigenvalue weighted by molar-refractivity contribution is 9.09. The third-order valence-electron chi connectivity index (χ3n) is 2.75. The molecule has 0 saturated carbocycles. The Bertz CT molecular complexity index is 483. The van der Waals surface area contributed by atoms with E-state index >= 15 is 0 Å². The molecule has 1 aromatic rings. The Hall–Kier alpha value is -1.14. The number of benzene rings is 1. The summed E-state index contributed by atoms with van der Waals surface area (Å²) in [6.45, 7) is 0.505. The third kappa shape index (κ3) is 5.46. The van der Waals surface area contributed by atoms with Gasteiger partial charge in [0.2, 0.25) is 0 Å². The highest BCUT2D eigenvalue weighted by atomic mass is 79.9. The number of nitrogens with one attached hydrogen (secondary N) is 1. The van der Waals surface area contributed by atoms with E-state index in [0.717, 1.165) is 31.0 Å². The Morgan fingerprint density at radius 1 is 1.30 bits per heavy atom. The van der Waals surface area contributed by atoms with Gasteiger partial charge >= 0.3 is 0 Å². The molecule has 0 bridgehead atoms. The van der Waals surface area contributed by atoms with E-state index in [4.69, 9.17) is 11.6 Å². The Morgan fingerprint density at radius 3 is 2.65 bits per heavy atom. The number of carbonyl (C=O) groups excluding carboxylic acids is 1. The zero-order valence-corrected chi connectivity index (χ0v) is 13.2. The van der Waals surface area contributed by atoms with Gasteiger partial charge in [0.15, 0.2) is 0 Å². The van der Waals surface area contributed by atoms with E-state index in [1.54, 1.807) is 0 Å². The summed E-state index contributed by atoms with van der Waals surface area (Å²) in [7, 11) is 0. The minimum atomic E-state index is -0.582. The van der Waals surface area contributed by atoms with Crippen molar-refractivity contribution in [1.82, 2.24) is 5.32 Å². The molecule has 0 atom stereocenters. The van der Waals surface area contributed by atoms with Crippen molar-refractivity contribution in [2.75, 3.05) is 11.9 Å². The summed E-state index contributed by atoms with van der Waals surface area (Å²) in [5, 5.41) is 14.8. The maximum Gasteiger partial charge on any atom is 0.282 e. The number of alkyl halides is 1. The van der Waals surface area contributed by atoms with Crippen LogP contribution >= 0.6 is 27.5 Å². The summed E-state index contributed by atoms with van der Waals surface area (Å²) >= 11 is 9.13. The second-order valence-corrected chi connectivity index (χ2v) is 5.51. The fourth-order valence-corrected chi connectivity index (χ4v) is 2.29. The van der Waals surface area contributed by atoms with Crippen molar-refractivity contribution in [3.63, 3.8) is 0 Å². The van der Waals surface area contributed by atoms with Gasteiger partial charge in [-0.15, -0.1) is 0 Å². The van der Waals surface area contributed by atoms with Crippen molar-refractivity contribution < 1.29 is 9.72 Å². The van der Waals surface area contributed by atoms with Crippen molar-refractivity contribution in [2.45, 2.75) is 25.7 Å². The summed E-state index contributed by atoms with van der Waals surface area (Å²) in [6, 6.07) is 3.96. The predicted octanol–water partition coefficient (Wildman–Crippen LogP) is 3.93. The first-order valence-electron chi connectivity index (χ1n) is 6.34. The van der Waals surface area contributed by atoms with E-state index < -0.39 is 10.8 Å². The van der Waals surface area contributed by atoms with E-state index in [1.807, 2.05) is 0 Å². The first kappa shape index (κ1) is 16.9. The molecule has 0 fully saturated rings. The minimum absolute atomic E-state index is 0.00274. The lowest BCUT2D eigenvalue weighted by Crippen LogP contribution is -2.25.